The normalized spacial score (nSPS) is 19.1. The Morgan fingerprint density at radius 2 is 2.07 bits per heavy atom. The quantitative estimate of drug-likeness (QED) is 0.707. The zero-order valence-corrected chi connectivity index (χ0v) is 8.34. The summed E-state index contributed by atoms with van der Waals surface area (Å²) in [4.78, 5) is 0. The summed E-state index contributed by atoms with van der Waals surface area (Å²) in [5, 5.41) is 4.33. The molecule has 1 unspecified atom stereocenters. The minimum atomic E-state index is 0.407. The molecule has 3 rings (SSSR count). The molecule has 1 aromatic carbocycles. The van der Waals surface area contributed by atoms with Crippen molar-refractivity contribution in [2.75, 3.05) is 6.61 Å². The van der Waals surface area contributed by atoms with E-state index in [9.17, 15) is 0 Å². The Hall–Kier alpha value is -1.61. The minimum absolute atomic E-state index is 0.407. The third kappa shape index (κ3) is 1.78. The summed E-state index contributed by atoms with van der Waals surface area (Å²) in [6.07, 6.45) is 3.20. The lowest BCUT2D eigenvalue weighted by Crippen LogP contribution is -2.04. The fraction of sp³-hybridized carbons (Fsp3) is 0.250. The summed E-state index contributed by atoms with van der Waals surface area (Å²) >= 11 is 0. The fourth-order valence-electron chi connectivity index (χ4n) is 1.71. The van der Waals surface area contributed by atoms with Crippen molar-refractivity contribution in [3.05, 3.63) is 48.3 Å². The molecule has 0 radical (unpaired) electrons. The van der Waals surface area contributed by atoms with Gasteiger partial charge in [-0.15, -0.1) is 0 Å². The molecule has 1 aliphatic heterocycles. The van der Waals surface area contributed by atoms with Gasteiger partial charge in [-0.1, -0.05) is 18.2 Å². The zero-order valence-electron chi connectivity index (χ0n) is 8.34. The van der Waals surface area contributed by atoms with Gasteiger partial charge in [0, 0.05) is 18.3 Å². The van der Waals surface area contributed by atoms with Gasteiger partial charge in [0.15, 0.2) is 0 Å². The van der Waals surface area contributed by atoms with E-state index >= 15 is 0 Å². The van der Waals surface area contributed by atoms with E-state index < -0.39 is 0 Å². The van der Waals surface area contributed by atoms with E-state index in [1.165, 1.54) is 5.69 Å². The molecule has 1 saturated heterocycles. The SMILES string of the molecule is c1ccc(-n2nccc2CC2CO2)cc1. The van der Waals surface area contributed by atoms with Gasteiger partial charge in [0.25, 0.3) is 0 Å². The maximum absolute atomic E-state index is 5.23. The maximum atomic E-state index is 5.23. The largest absolute Gasteiger partial charge is 0.373 e. The average Bonchev–Trinajstić information content (AvgIpc) is 2.96. The van der Waals surface area contributed by atoms with Crippen LogP contribution in [0.25, 0.3) is 5.69 Å². The van der Waals surface area contributed by atoms with Gasteiger partial charge in [0.1, 0.15) is 0 Å². The maximum Gasteiger partial charge on any atom is 0.0865 e. The van der Waals surface area contributed by atoms with Crippen LogP contribution in [0.15, 0.2) is 42.6 Å². The highest BCUT2D eigenvalue weighted by Gasteiger charge is 2.24. The van der Waals surface area contributed by atoms with E-state index in [4.69, 9.17) is 4.74 Å². The van der Waals surface area contributed by atoms with Gasteiger partial charge < -0.3 is 4.74 Å². The summed E-state index contributed by atoms with van der Waals surface area (Å²) in [5.74, 6) is 0. The van der Waals surface area contributed by atoms with Crippen LogP contribution in [0.3, 0.4) is 0 Å². The molecular formula is C12H12N2O. The van der Waals surface area contributed by atoms with Crippen molar-refractivity contribution in [2.45, 2.75) is 12.5 Å². The highest BCUT2D eigenvalue weighted by Crippen LogP contribution is 2.18. The summed E-state index contributed by atoms with van der Waals surface area (Å²) in [6.45, 7) is 0.889. The molecule has 76 valence electrons. The molecule has 3 heteroatoms. The second-order valence-electron chi connectivity index (χ2n) is 3.73. The third-order valence-electron chi connectivity index (χ3n) is 2.56. The predicted molar refractivity (Wildman–Crippen MR) is 57.0 cm³/mol. The highest BCUT2D eigenvalue weighted by molar-refractivity contribution is 5.32. The second-order valence-corrected chi connectivity index (χ2v) is 3.73. The number of aromatic nitrogens is 2. The van der Waals surface area contributed by atoms with Crippen molar-refractivity contribution < 1.29 is 4.74 Å². The fourth-order valence-corrected chi connectivity index (χ4v) is 1.71. The first-order chi connectivity index (χ1) is 7.43. The van der Waals surface area contributed by atoms with Gasteiger partial charge in [0.2, 0.25) is 0 Å². The van der Waals surface area contributed by atoms with Gasteiger partial charge >= 0.3 is 0 Å². The van der Waals surface area contributed by atoms with E-state index in [-0.39, 0.29) is 0 Å². The minimum Gasteiger partial charge on any atom is -0.373 e. The summed E-state index contributed by atoms with van der Waals surface area (Å²) in [7, 11) is 0. The van der Waals surface area contributed by atoms with E-state index in [1.54, 1.807) is 0 Å². The van der Waals surface area contributed by atoms with Crippen molar-refractivity contribution in [1.29, 1.82) is 0 Å². The van der Waals surface area contributed by atoms with E-state index in [1.807, 2.05) is 29.1 Å². The molecule has 2 aromatic rings. The van der Waals surface area contributed by atoms with Crippen LogP contribution >= 0.6 is 0 Å². The molecule has 3 nitrogen and oxygen atoms in total. The number of para-hydroxylation sites is 1. The lowest BCUT2D eigenvalue weighted by Gasteiger charge is -2.05. The Balaban J connectivity index is 1.93. The van der Waals surface area contributed by atoms with Crippen molar-refractivity contribution in [3.63, 3.8) is 0 Å². The number of hydrogen-bond donors (Lipinski definition) is 0. The Bertz CT molecular complexity index is 446. The topological polar surface area (TPSA) is 30.4 Å². The first-order valence-electron chi connectivity index (χ1n) is 5.13. The Labute approximate surface area is 88.3 Å². The molecule has 2 heterocycles. The number of benzene rings is 1. The lowest BCUT2D eigenvalue weighted by atomic mass is 10.2. The molecule has 0 amide bonds. The number of epoxide rings is 1. The molecule has 0 saturated carbocycles. The van der Waals surface area contributed by atoms with E-state index in [0.717, 1.165) is 18.7 Å². The molecule has 1 aromatic heterocycles. The van der Waals surface area contributed by atoms with Gasteiger partial charge in [0.05, 0.1) is 18.4 Å². The molecule has 0 aliphatic carbocycles. The first-order valence-corrected chi connectivity index (χ1v) is 5.13. The van der Waals surface area contributed by atoms with Crippen molar-refractivity contribution in [3.8, 4) is 5.69 Å². The van der Waals surface area contributed by atoms with Crippen LogP contribution in [0.1, 0.15) is 5.69 Å². The molecule has 0 spiro atoms. The monoisotopic (exact) mass is 200 g/mol. The number of ether oxygens (including phenoxy) is 1. The standard InChI is InChI=1S/C12H12N2O/c1-2-4-10(5-3-1)14-11(6-7-13-14)8-12-9-15-12/h1-7,12H,8-9H2. The van der Waals surface area contributed by atoms with Crippen LogP contribution in [-0.2, 0) is 11.2 Å². The number of nitrogens with zero attached hydrogens (tertiary/aromatic N) is 2. The smallest absolute Gasteiger partial charge is 0.0865 e. The zero-order chi connectivity index (χ0) is 10.1. The van der Waals surface area contributed by atoms with Gasteiger partial charge in [-0.05, 0) is 18.2 Å². The van der Waals surface area contributed by atoms with Crippen molar-refractivity contribution >= 4 is 0 Å². The molecule has 15 heavy (non-hydrogen) atoms. The van der Waals surface area contributed by atoms with Gasteiger partial charge in [-0.25, -0.2) is 4.68 Å². The summed E-state index contributed by atoms with van der Waals surface area (Å²) in [5.41, 5.74) is 2.32. The van der Waals surface area contributed by atoms with Crippen LogP contribution in [0.4, 0.5) is 0 Å². The predicted octanol–water partition coefficient (Wildman–Crippen LogP) is 1.81. The third-order valence-corrected chi connectivity index (χ3v) is 2.56. The van der Waals surface area contributed by atoms with Crippen LogP contribution in [0, 0.1) is 0 Å². The van der Waals surface area contributed by atoms with Crippen molar-refractivity contribution in [1.82, 2.24) is 9.78 Å². The van der Waals surface area contributed by atoms with Crippen LogP contribution in [0.2, 0.25) is 0 Å². The highest BCUT2D eigenvalue weighted by atomic mass is 16.6. The average molecular weight is 200 g/mol. The molecule has 1 fully saturated rings. The first kappa shape index (κ1) is 8.68. The van der Waals surface area contributed by atoms with Crippen LogP contribution in [-0.4, -0.2) is 22.5 Å². The number of rotatable bonds is 3. The molecule has 0 bridgehead atoms. The number of hydrogen-bond acceptors (Lipinski definition) is 2. The molecular weight excluding hydrogens is 188 g/mol. The van der Waals surface area contributed by atoms with Gasteiger partial charge in [-0.2, -0.15) is 5.10 Å². The van der Waals surface area contributed by atoms with Crippen LogP contribution < -0.4 is 0 Å². The summed E-state index contributed by atoms with van der Waals surface area (Å²) < 4.78 is 7.21. The van der Waals surface area contributed by atoms with Crippen LogP contribution in [0.5, 0.6) is 0 Å². The molecule has 1 aliphatic rings. The lowest BCUT2D eigenvalue weighted by molar-refractivity contribution is 0.404. The Kier molecular flexibility index (Phi) is 2.03. The summed E-state index contributed by atoms with van der Waals surface area (Å²) in [6, 6.07) is 12.2. The Morgan fingerprint density at radius 3 is 2.80 bits per heavy atom. The van der Waals surface area contributed by atoms with E-state index in [2.05, 4.69) is 23.3 Å². The van der Waals surface area contributed by atoms with E-state index in [0.29, 0.717) is 6.10 Å². The molecule has 0 N–H and O–H groups in total. The molecule has 1 atom stereocenters. The van der Waals surface area contributed by atoms with Crippen molar-refractivity contribution in [2.24, 2.45) is 0 Å². The second kappa shape index (κ2) is 3.51. The Morgan fingerprint density at radius 1 is 1.27 bits per heavy atom. The van der Waals surface area contributed by atoms with Gasteiger partial charge in [-0.3, -0.25) is 0 Å².